The molecule has 2 aromatic heterocycles. The van der Waals surface area contributed by atoms with Crippen molar-refractivity contribution in [2.45, 2.75) is 57.7 Å². The molecule has 3 aliphatic rings. The number of anilines is 1. The summed E-state index contributed by atoms with van der Waals surface area (Å²) < 4.78 is 13.1. The lowest BCUT2D eigenvalue weighted by atomic mass is 9.94. The number of amides is 1. The van der Waals surface area contributed by atoms with Crippen LogP contribution in [-0.2, 0) is 4.79 Å². The number of nitrogens with zero attached hydrogens (tertiary/aromatic N) is 6. The van der Waals surface area contributed by atoms with Crippen molar-refractivity contribution < 1.29 is 14.3 Å². The summed E-state index contributed by atoms with van der Waals surface area (Å²) >= 11 is 7.23. The smallest absolute Gasteiger partial charge is 0.319 e. The molecule has 11 heteroatoms. The van der Waals surface area contributed by atoms with Gasteiger partial charge in [-0.3, -0.25) is 9.89 Å². The second kappa shape index (κ2) is 11.6. The summed E-state index contributed by atoms with van der Waals surface area (Å²) in [5.74, 6) is 1.31. The van der Waals surface area contributed by atoms with Crippen LogP contribution in [0.15, 0.2) is 37.1 Å². The molecule has 2 aromatic carbocycles. The highest BCUT2D eigenvalue weighted by Gasteiger charge is 2.33. The van der Waals surface area contributed by atoms with Crippen LogP contribution in [0.3, 0.4) is 0 Å². The minimum Gasteiger partial charge on any atom is -0.487 e. The van der Waals surface area contributed by atoms with Crippen LogP contribution >= 0.6 is 11.6 Å². The zero-order chi connectivity index (χ0) is 30.5. The molecule has 44 heavy (non-hydrogen) atoms. The number of hydrogen-bond acceptors (Lipinski definition) is 8. The predicted octanol–water partition coefficient (Wildman–Crippen LogP) is 5.37. The third kappa shape index (κ3) is 5.24. The van der Waals surface area contributed by atoms with Crippen LogP contribution in [0.25, 0.3) is 32.9 Å². The number of benzene rings is 2. The molecule has 0 radical (unpaired) electrons. The highest BCUT2D eigenvalue weighted by atomic mass is 35.5. The molecule has 0 bridgehead atoms. The Morgan fingerprint density at radius 1 is 1.16 bits per heavy atom. The van der Waals surface area contributed by atoms with Crippen molar-refractivity contribution >= 4 is 45.1 Å². The number of H-pyrrole nitrogens is 1. The van der Waals surface area contributed by atoms with Gasteiger partial charge in [-0.2, -0.15) is 15.1 Å². The normalized spacial score (nSPS) is 20.9. The number of ether oxygens (including phenoxy) is 2. The second-order valence-corrected chi connectivity index (χ2v) is 12.7. The van der Waals surface area contributed by atoms with E-state index in [0.29, 0.717) is 54.6 Å². The van der Waals surface area contributed by atoms with Gasteiger partial charge in [0.1, 0.15) is 17.9 Å². The van der Waals surface area contributed by atoms with Crippen LogP contribution in [-0.4, -0.2) is 93.9 Å². The van der Waals surface area contributed by atoms with E-state index in [9.17, 15) is 4.79 Å². The van der Waals surface area contributed by atoms with Crippen molar-refractivity contribution in [1.82, 2.24) is 30.0 Å². The predicted molar refractivity (Wildman–Crippen MR) is 173 cm³/mol. The summed E-state index contributed by atoms with van der Waals surface area (Å²) in [6.45, 7) is 11.1. The van der Waals surface area contributed by atoms with Crippen molar-refractivity contribution in [3.63, 3.8) is 0 Å². The molecular weight excluding hydrogens is 578 g/mol. The molecule has 1 aliphatic carbocycles. The van der Waals surface area contributed by atoms with Crippen LogP contribution < -0.4 is 14.4 Å². The monoisotopic (exact) mass is 615 g/mol. The molecule has 7 rings (SSSR count). The maximum absolute atomic E-state index is 12.5. The number of aromatic nitrogens is 4. The molecule has 230 valence electrons. The molecule has 4 heterocycles. The molecular formula is C33H38ClN7O3. The van der Waals surface area contributed by atoms with Crippen LogP contribution in [0.5, 0.6) is 11.8 Å². The van der Waals surface area contributed by atoms with E-state index < -0.39 is 0 Å². The minimum absolute atomic E-state index is 0.0333. The number of likely N-dealkylation sites (N-methyl/N-ethyl adjacent to an activating group) is 1. The standard InChI is InChI=1S/C33H38ClN7O3/c1-5-27(42)41-14-13-40(17-20(41)3)32-23-15-25(34)29(28-19(2)8-11-26-24(28)16-35-38-26)31(44-22-9-10-22)30(23)36-33(37-32)43-18-21-7-6-12-39(21)4/h5,8,11,15-16,20-22H,1,6-7,9-10,12-14,17-18H2,2-4H3,(H,35,38)/t20-,21+/m1/s1. The number of halogens is 1. The first-order valence-electron chi connectivity index (χ1n) is 15.5. The van der Waals surface area contributed by atoms with E-state index >= 15 is 0 Å². The average molecular weight is 616 g/mol. The SMILES string of the molecule is C=CC(=O)N1CCN(c2nc(OC[C@@H]3CCCN3C)nc3c(OC4CC4)c(-c4c(C)ccc5[nH]ncc45)c(Cl)cc23)C[C@H]1C. The number of piperazine rings is 1. The Morgan fingerprint density at radius 2 is 2.00 bits per heavy atom. The van der Waals surface area contributed by atoms with Gasteiger partial charge in [-0.05, 0) is 76.9 Å². The Morgan fingerprint density at radius 3 is 2.73 bits per heavy atom. The Hall–Kier alpha value is -3.89. The molecule has 4 aromatic rings. The number of carbonyl (C=O) groups is 1. The largest absolute Gasteiger partial charge is 0.487 e. The van der Waals surface area contributed by atoms with E-state index in [4.69, 9.17) is 31.0 Å². The fraction of sp³-hybridized carbons (Fsp3) is 0.455. The van der Waals surface area contributed by atoms with Crippen LogP contribution in [0.4, 0.5) is 5.82 Å². The van der Waals surface area contributed by atoms with Crippen LogP contribution in [0.2, 0.25) is 5.02 Å². The summed E-state index contributed by atoms with van der Waals surface area (Å²) in [5.41, 5.74) is 4.43. The molecule has 1 saturated carbocycles. The van der Waals surface area contributed by atoms with Gasteiger partial charge in [0, 0.05) is 53.6 Å². The average Bonchev–Trinajstić information content (AvgIpc) is 3.54. The number of rotatable bonds is 8. The van der Waals surface area contributed by atoms with Crippen molar-refractivity contribution in [1.29, 1.82) is 0 Å². The number of carbonyl (C=O) groups excluding carboxylic acids is 1. The van der Waals surface area contributed by atoms with Crippen molar-refractivity contribution in [3.8, 4) is 22.9 Å². The zero-order valence-electron chi connectivity index (χ0n) is 25.5. The van der Waals surface area contributed by atoms with Gasteiger partial charge in [-0.25, -0.2) is 0 Å². The number of aromatic amines is 1. The molecule has 1 N–H and O–H groups in total. The van der Waals surface area contributed by atoms with E-state index in [2.05, 4.69) is 46.6 Å². The lowest BCUT2D eigenvalue weighted by molar-refractivity contribution is -0.128. The highest BCUT2D eigenvalue weighted by molar-refractivity contribution is 6.35. The van der Waals surface area contributed by atoms with Gasteiger partial charge in [0.15, 0.2) is 5.75 Å². The maximum Gasteiger partial charge on any atom is 0.319 e. The number of nitrogens with one attached hydrogen (secondary N) is 1. The molecule has 3 fully saturated rings. The van der Waals surface area contributed by atoms with Crippen LogP contribution in [0.1, 0.15) is 38.2 Å². The first-order valence-corrected chi connectivity index (χ1v) is 15.8. The van der Waals surface area contributed by atoms with Gasteiger partial charge < -0.3 is 24.2 Å². The Balaban J connectivity index is 1.40. The minimum atomic E-state index is -0.0639. The van der Waals surface area contributed by atoms with Gasteiger partial charge in [-0.15, -0.1) is 0 Å². The Labute approximate surface area is 262 Å². The van der Waals surface area contributed by atoms with Crippen molar-refractivity contribution in [3.05, 3.63) is 47.6 Å². The fourth-order valence-corrected chi connectivity index (χ4v) is 6.88. The lowest BCUT2D eigenvalue weighted by Crippen LogP contribution is -2.54. The zero-order valence-corrected chi connectivity index (χ0v) is 26.2. The molecule has 10 nitrogen and oxygen atoms in total. The van der Waals surface area contributed by atoms with E-state index in [1.54, 1.807) is 0 Å². The summed E-state index contributed by atoms with van der Waals surface area (Å²) in [5, 5.41) is 9.73. The van der Waals surface area contributed by atoms with Gasteiger partial charge >= 0.3 is 6.01 Å². The Kier molecular flexibility index (Phi) is 7.58. The molecule has 2 saturated heterocycles. The number of aryl methyl sites for hydroxylation is 1. The number of likely N-dealkylation sites (tertiary alicyclic amines) is 1. The summed E-state index contributed by atoms with van der Waals surface area (Å²) in [4.78, 5) is 28.9. The number of fused-ring (bicyclic) bond motifs is 2. The van der Waals surface area contributed by atoms with Gasteiger partial charge in [0.25, 0.3) is 0 Å². The third-order valence-electron chi connectivity index (χ3n) is 9.21. The van der Waals surface area contributed by atoms with Crippen molar-refractivity contribution in [2.75, 3.05) is 44.7 Å². The molecule has 2 aliphatic heterocycles. The fourth-order valence-electron chi connectivity index (χ4n) is 6.59. The van der Waals surface area contributed by atoms with E-state index in [-0.39, 0.29) is 18.1 Å². The van der Waals surface area contributed by atoms with Gasteiger partial charge in [0.2, 0.25) is 5.91 Å². The summed E-state index contributed by atoms with van der Waals surface area (Å²) in [7, 11) is 2.13. The number of hydrogen-bond donors (Lipinski definition) is 1. The summed E-state index contributed by atoms with van der Waals surface area (Å²) in [6, 6.07) is 6.66. The topological polar surface area (TPSA) is 99.7 Å². The van der Waals surface area contributed by atoms with Gasteiger partial charge in [-0.1, -0.05) is 24.2 Å². The molecule has 2 atom stereocenters. The summed E-state index contributed by atoms with van der Waals surface area (Å²) in [6.07, 6.45) is 7.51. The maximum atomic E-state index is 12.5. The van der Waals surface area contributed by atoms with Crippen LogP contribution in [0, 0.1) is 6.92 Å². The van der Waals surface area contributed by atoms with E-state index in [1.807, 2.05) is 30.2 Å². The first kappa shape index (κ1) is 28.9. The molecule has 0 unspecified atom stereocenters. The third-order valence-corrected chi connectivity index (χ3v) is 9.51. The quantitative estimate of drug-likeness (QED) is 0.264. The van der Waals surface area contributed by atoms with E-state index in [0.717, 1.165) is 71.0 Å². The Bertz CT molecular complexity index is 1750. The lowest BCUT2D eigenvalue weighted by Gasteiger charge is -2.40. The first-order chi connectivity index (χ1) is 21.3. The molecule has 0 spiro atoms. The second-order valence-electron chi connectivity index (χ2n) is 12.3. The highest BCUT2D eigenvalue weighted by Crippen LogP contribution is 2.48. The van der Waals surface area contributed by atoms with E-state index in [1.165, 1.54) is 6.08 Å². The van der Waals surface area contributed by atoms with Crippen molar-refractivity contribution in [2.24, 2.45) is 0 Å². The van der Waals surface area contributed by atoms with Gasteiger partial charge in [0.05, 0.1) is 22.8 Å². The molecule has 1 amide bonds.